The van der Waals surface area contributed by atoms with E-state index >= 15 is 0 Å². The van der Waals surface area contributed by atoms with E-state index in [4.69, 9.17) is 9.47 Å². The highest BCUT2D eigenvalue weighted by Crippen LogP contribution is 2.42. The fourth-order valence-electron chi connectivity index (χ4n) is 3.73. The number of fused-ring (bicyclic) bond motifs is 3. The lowest BCUT2D eigenvalue weighted by atomic mass is 9.86. The topological polar surface area (TPSA) is 67.9 Å². The van der Waals surface area contributed by atoms with Gasteiger partial charge in [-0.1, -0.05) is 12.1 Å². The summed E-state index contributed by atoms with van der Waals surface area (Å²) in [6.45, 7) is 7.69. The lowest BCUT2D eigenvalue weighted by Gasteiger charge is -2.25. The van der Waals surface area contributed by atoms with Gasteiger partial charge in [0.15, 0.2) is 0 Å². The highest BCUT2D eigenvalue weighted by molar-refractivity contribution is 5.96. The monoisotopic (exact) mass is 346 g/mol. The second-order valence-corrected chi connectivity index (χ2v) is 7.73. The summed E-state index contributed by atoms with van der Waals surface area (Å²) in [5.41, 5.74) is 1.97. The summed E-state index contributed by atoms with van der Waals surface area (Å²) < 4.78 is 10.4. The Morgan fingerprint density at radius 1 is 1.24 bits per heavy atom. The molecule has 6 heteroatoms. The van der Waals surface area contributed by atoms with Gasteiger partial charge in [0.25, 0.3) is 0 Å². The second-order valence-electron chi connectivity index (χ2n) is 7.73. The van der Waals surface area contributed by atoms with Crippen LogP contribution in [0.15, 0.2) is 18.2 Å². The number of hydrogen-bond acceptors (Lipinski definition) is 5. The van der Waals surface area contributed by atoms with E-state index in [1.165, 1.54) is 7.11 Å². The van der Waals surface area contributed by atoms with Crippen LogP contribution in [0.4, 0.5) is 10.5 Å². The molecule has 1 amide bonds. The van der Waals surface area contributed by atoms with Crippen LogP contribution in [0.5, 0.6) is 0 Å². The van der Waals surface area contributed by atoms with E-state index in [0.717, 1.165) is 24.2 Å². The zero-order chi connectivity index (χ0) is 18.2. The molecule has 1 N–H and O–H groups in total. The van der Waals surface area contributed by atoms with Gasteiger partial charge in [-0.25, -0.2) is 9.59 Å². The molecular formula is C19H26N2O4. The molecule has 1 aromatic carbocycles. The molecule has 25 heavy (non-hydrogen) atoms. The van der Waals surface area contributed by atoms with E-state index in [0.29, 0.717) is 24.6 Å². The van der Waals surface area contributed by atoms with Crippen molar-refractivity contribution in [3.05, 3.63) is 29.3 Å². The maximum absolute atomic E-state index is 12.4. The number of carbonyl (C=O) groups excluding carboxylic acids is 2. The fourth-order valence-corrected chi connectivity index (χ4v) is 3.73. The SMILES string of the molecule is COC(=O)c1cccc2c1NCC[C@@H]1CN(C(=O)OC(C)(C)C)C[C@@H]21. The van der Waals surface area contributed by atoms with Gasteiger partial charge in [-0.3, -0.25) is 0 Å². The Kier molecular flexibility index (Phi) is 4.62. The quantitative estimate of drug-likeness (QED) is 0.791. The van der Waals surface area contributed by atoms with Gasteiger partial charge in [-0.15, -0.1) is 0 Å². The number of benzene rings is 1. The molecule has 0 saturated carbocycles. The molecule has 2 aliphatic rings. The minimum absolute atomic E-state index is 0.196. The minimum atomic E-state index is -0.501. The number of methoxy groups -OCH3 is 1. The van der Waals surface area contributed by atoms with Crippen LogP contribution < -0.4 is 5.32 Å². The molecule has 6 nitrogen and oxygen atoms in total. The summed E-state index contributed by atoms with van der Waals surface area (Å²) in [7, 11) is 1.39. The van der Waals surface area contributed by atoms with Crippen molar-refractivity contribution in [2.24, 2.45) is 5.92 Å². The number of nitrogens with zero attached hydrogens (tertiary/aromatic N) is 1. The van der Waals surface area contributed by atoms with Gasteiger partial charge in [-0.05, 0) is 44.7 Å². The van der Waals surface area contributed by atoms with Crippen molar-refractivity contribution >= 4 is 17.7 Å². The molecule has 0 radical (unpaired) electrons. The van der Waals surface area contributed by atoms with Gasteiger partial charge >= 0.3 is 12.1 Å². The number of para-hydroxylation sites is 1. The van der Waals surface area contributed by atoms with Crippen LogP contribution in [0.2, 0.25) is 0 Å². The van der Waals surface area contributed by atoms with Gasteiger partial charge in [0, 0.05) is 25.6 Å². The van der Waals surface area contributed by atoms with E-state index in [-0.39, 0.29) is 18.0 Å². The number of rotatable bonds is 1. The minimum Gasteiger partial charge on any atom is -0.465 e. The van der Waals surface area contributed by atoms with Crippen LogP contribution in [0.1, 0.15) is 49.0 Å². The van der Waals surface area contributed by atoms with Gasteiger partial charge in [0.1, 0.15) is 5.60 Å². The second kappa shape index (κ2) is 6.58. The lowest BCUT2D eigenvalue weighted by Crippen LogP contribution is -2.35. The molecule has 1 aromatic rings. The van der Waals surface area contributed by atoms with Crippen molar-refractivity contribution in [3.8, 4) is 0 Å². The van der Waals surface area contributed by atoms with Crippen molar-refractivity contribution in [1.82, 2.24) is 4.90 Å². The van der Waals surface area contributed by atoms with Crippen LogP contribution in [0.3, 0.4) is 0 Å². The summed E-state index contributed by atoms with van der Waals surface area (Å²) in [6.07, 6.45) is 0.679. The Hall–Kier alpha value is -2.24. The van der Waals surface area contributed by atoms with Crippen LogP contribution in [-0.4, -0.2) is 49.3 Å². The molecule has 0 aliphatic carbocycles. The standard InChI is InChI=1S/C19H26N2O4/c1-19(2,3)25-18(23)21-10-12-8-9-20-16-13(15(12)11-21)6-5-7-14(16)17(22)24-4/h5-7,12,15,20H,8-11H2,1-4H3/t12-,15-/m1/s1. The molecule has 0 aromatic heterocycles. The molecule has 0 bridgehead atoms. The number of hydrogen-bond donors (Lipinski definition) is 1. The Balaban J connectivity index is 1.87. The number of esters is 1. The van der Waals surface area contributed by atoms with Crippen LogP contribution >= 0.6 is 0 Å². The molecule has 2 atom stereocenters. The first-order valence-corrected chi connectivity index (χ1v) is 8.73. The van der Waals surface area contributed by atoms with Crippen LogP contribution in [0.25, 0.3) is 0 Å². The molecule has 2 aliphatic heterocycles. The number of ether oxygens (including phenoxy) is 2. The summed E-state index contributed by atoms with van der Waals surface area (Å²) in [4.78, 5) is 26.3. The van der Waals surface area contributed by atoms with Gasteiger partial charge in [-0.2, -0.15) is 0 Å². The molecule has 2 heterocycles. The molecule has 136 valence electrons. The van der Waals surface area contributed by atoms with Gasteiger partial charge in [0.2, 0.25) is 0 Å². The van der Waals surface area contributed by atoms with E-state index in [1.807, 2.05) is 32.9 Å². The maximum atomic E-state index is 12.4. The zero-order valence-electron chi connectivity index (χ0n) is 15.3. The van der Waals surface area contributed by atoms with Crippen LogP contribution in [-0.2, 0) is 9.47 Å². The Labute approximate surface area is 148 Å². The lowest BCUT2D eigenvalue weighted by molar-refractivity contribution is 0.0286. The summed E-state index contributed by atoms with van der Waals surface area (Å²) in [6, 6.07) is 5.69. The van der Waals surface area contributed by atoms with E-state index in [1.54, 1.807) is 11.0 Å². The van der Waals surface area contributed by atoms with Gasteiger partial charge in [0.05, 0.1) is 18.4 Å². The van der Waals surface area contributed by atoms with Crippen molar-refractivity contribution < 1.29 is 19.1 Å². The van der Waals surface area contributed by atoms with E-state index < -0.39 is 5.60 Å². The number of amides is 1. The molecule has 0 unspecified atom stereocenters. The zero-order valence-corrected chi connectivity index (χ0v) is 15.3. The van der Waals surface area contributed by atoms with Gasteiger partial charge < -0.3 is 19.7 Å². The van der Waals surface area contributed by atoms with Crippen LogP contribution in [0, 0.1) is 5.92 Å². The number of anilines is 1. The average Bonchev–Trinajstić information content (AvgIpc) is 2.89. The number of carbonyl (C=O) groups is 2. The first-order valence-electron chi connectivity index (χ1n) is 8.73. The first-order chi connectivity index (χ1) is 11.8. The third-order valence-electron chi connectivity index (χ3n) is 4.81. The largest absolute Gasteiger partial charge is 0.465 e. The van der Waals surface area contributed by atoms with E-state index in [9.17, 15) is 9.59 Å². The molecule has 1 saturated heterocycles. The smallest absolute Gasteiger partial charge is 0.410 e. The summed E-state index contributed by atoms with van der Waals surface area (Å²) in [5.74, 6) is 0.209. The molecular weight excluding hydrogens is 320 g/mol. The third-order valence-corrected chi connectivity index (χ3v) is 4.81. The Morgan fingerprint density at radius 3 is 2.68 bits per heavy atom. The highest BCUT2D eigenvalue weighted by atomic mass is 16.6. The predicted molar refractivity (Wildman–Crippen MR) is 94.9 cm³/mol. The Bertz CT molecular complexity index is 680. The molecule has 0 spiro atoms. The van der Waals surface area contributed by atoms with Crippen molar-refractivity contribution in [1.29, 1.82) is 0 Å². The highest BCUT2D eigenvalue weighted by Gasteiger charge is 2.40. The van der Waals surface area contributed by atoms with Crippen molar-refractivity contribution in [3.63, 3.8) is 0 Å². The van der Waals surface area contributed by atoms with Crippen molar-refractivity contribution in [2.75, 3.05) is 32.1 Å². The Morgan fingerprint density at radius 2 is 2.00 bits per heavy atom. The van der Waals surface area contributed by atoms with Crippen molar-refractivity contribution in [2.45, 2.75) is 38.7 Å². The maximum Gasteiger partial charge on any atom is 0.410 e. The summed E-state index contributed by atoms with van der Waals surface area (Å²) in [5, 5.41) is 3.38. The molecule has 1 fully saturated rings. The fraction of sp³-hybridized carbons (Fsp3) is 0.579. The van der Waals surface area contributed by atoms with E-state index in [2.05, 4.69) is 5.32 Å². The predicted octanol–water partition coefficient (Wildman–Crippen LogP) is 3.24. The summed E-state index contributed by atoms with van der Waals surface area (Å²) >= 11 is 0. The average molecular weight is 346 g/mol. The first kappa shape index (κ1) is 17.6. The number of likely N-dealkylation sites (tertiary alicyclic amines) is 1. The third kappa shape index (κ3) is 3.57. The molecule has 3 rings (SSSR count). The normalized spacial score (nSPS) is 22.3. The number of nitrogens with one attached hydrogen (secondary N) is 1.